The smallest absolute Gasteiger partial charge is 0.268 e. The Bertz CT molecular complexity index is 919. The van der Waals surface area contributed by atoms with Gasteiger partial charge in [0.2, 0.25) is 11.7 Å². The number of hydrogen-bond donors (Lipinski definition) is 1. The van der Waals surface area contributed by atoms with Crippen LogP contribution in [0.5, 0.6) is 5.75 Å². The van der Waals surface area contributed by atoms with Crippen LogP contribution in [0.3, 0.4) is 0 Å². The Morgan fingerprint density at radius 2 is 2.03 bits per heavy atom. The Labute approximate surface area is 173 Å². The van der Waals surface area contributed by atoms with Crippen LogP contribution >= 0.6 is 11.3 Å². The first-order chi connectivity index (χ1) is 14.1. The van der Waals surface area contributed by atoms with Crippen molar-refractivity contribution in [1.29, 1.82) is 0 Å². The van der Waals surface area contributed by atoms with Gasteiger partial charge in [-0.3, -0.25) is 19.3 Å². The van der Waals surface area contributed by atoms with E-state index in [9.17, 15) is 14.4 Å². The summed E-state index contributed by atoms with van der Waals surface area (Å²) in [6.07, 6.45) is 4.09. The minimum Gasteiger partial charge on any atom is -0.478 e. The van der Waals surface area contributed by atoms with Crippen molar-refractivity contribution in [2.45, 2.75) is 51.2 Å². The number of ketones is 1. The summed E-state index contributed by atoms with van der Waals surface area (Å²) >= 11 is 1.37. The molecular formula is C22H24N2O4S. The first kappa shape index (κ1) is 19.6. The third-order valence-electron chi connectivity index (χ3n) is 5.46. The third kappa shape index (κ3) is 4.05. The summed E-state index contributed by atoms with van der Waals surface area (Å²) in [4.78, 5) is 40.4. The molecule has 1 fully saturated rings. The molecule has 1 aliphatic heterocycles. The van der Waals surface area contributed by atoms with E-state index in [1.165, 1.54) is 16.2 Å². The SMILES string of the molecule is CC[C@@H]1Oc2ccc(C(=O)c3cccs3)cc2N(CC(=O)NC2CCCC2)C1=O. The van der Waals surface area contributed by atoms with E-state index in [-0.39, 0.29) is 30.2 Å². The summed E-state index contributed by atoms with van der Waals surface area (Å²) in [5.74, 6) is -0.0127. The zero-order valence-electron chi connectivity index (χ0n) is 16.3. The molecular weight excluding hydrogens is 388 g/mol. The van der Waals surface area contributed by atoms with Gasteiger partial charge in [-0.1, -0.05) is 25.8 Å². The van der Waals surface area contributed by atoms with Crippen molar-refractivity contribution in [3.63, 3.8) is 0 Å². The van der Waals surface area contributed by atoms with Gasteiger partial charge in [-0.15, -0.1) is 11.3 Å². The van der Waals surface area contributed by atoms with Gasteiger partial charge in [0.15, 0.2) is 6.10 Å². The number of amides is 2. The Hall–Kier alpha value is -2.67. The van der Waals surface area contributed by atoms with E-state index in [0.717, 1.165) is 25.7 Å². The summed E-state index contributed by atoms with van der Waals surface area (Å²) in [7, 11) is 0. The maximum atomic E-state index is 12.9. The highest BCUT2D eigenvalue weighted by Crippen LogP contribution is 2.36. The standard InChI is InChI=1S/C22H24N2O4S/c1-2-17-22(27)24(13-20(25)23-15-6-3-4-7-15)16-12-14(9-10-18(16)28-17)21(26)19-8-5-11-29-19/h5,8-12,15,17H,2-4,6-7,13H2,1H3,(H,23,25)/t17-/m0/s1. The van der Waals surface area contributed by atoms with E-state index in [1.54, 1.807) is 24.3 Å². The molecule has 1 aliphatic carbocycles. The van der Waals surface area contributed by atoms with E-state index >= 15 is 0 Å². The second-order valence-electron chi connectivity index (χ2n) is 7.48. The van der Waals surface area contributed by atoms with E-state index in [2.05, 4.69) is 5.32 Å². The largest absolute Gasteiger partial charge is 0.478 e. The molecule has 1 N–H and O–H groups in total. The zero-order valence-corrected chi connectivity index (χ0v) is 17.2. The first-order valence-corrected chi connectivity index (χ1v) is 10.9. The minimum absolute atomic E-state index is 0.0706. The molecule has 2 aliphatic rings. The molecule has 0 unspecified atom stereocenters. The molecule has 0 bridgehead atoms. The number of ether oxygens (including phenoxy) is 1. The van der Waals surface area contributed by atoms with Crippen LogP contribution in [-0.4, -0.2) is 36.3 Å². The molecule has 0 spiro atoms. The van der Waals surface area contributed by atoms with Crippen molar-refractivity contribution in [3.05, 3.63) is 46.2 Å². The van der Waals surface area contributed by atoms with E-state index < -0.39 is 6.10 Å². The molecule has 2 amide bonds. The average Bonchev–Trinajstić information content (AvgIpc) is 3.43. The predicted octanol–water partition coefficient (Wildman–Crippen LogP) is 3.54. The van der Waals surface area contributed by atoms with Crippen molar-refractivity contribution in [2.24, 2.45) is 0 Å². The van der Waals surface area contributed by atoms with Gasteiger partial charge in [0.1, 0.15) is 12.3 Å². The maximum Gasteiger partial charge on any atom is 0.268 e. The maximum absolute atomic E-state index is 12.9. The van der Waals surface area contributed by atoms with Crippen LogP contribution < -0.4 is 15.0 Å². The number of rotatable bonds is 6. The second kappa shape index (κ2) is 8.37. The molecule has 152 valence electrons. The van der Waals surface area contributed by atoms with Crippen molar-refractivity contribution in [1.82, 2.24) is 5.32 Å². The normalized spacial score (nSPS) is 19.0. The Morgan fingerprint density at radius 3 is 2.72 bits per heavy atom. The zero-order chi connectivity index (χ0) is 20.4. The highest BCUT2D eigenvalue weighted by molar-refractivity contribution is 7.12. The highest BCUT2D eigenvalue weighted by atomic mass is 32.1. The lowest BCUT2D eigenvalue weighted by Crippen LogP contribution is -2.50. The quantitative estimate of drug-likeness (QED) is 0.737. The first-order valence-electron chi connectivity index (χ1n) is 10.1. The van der Waals surface area contributed by atoms with E-state index in [1.807, 2.05) is 18.4 Å². The van der Waals surface area contributed by atoms with Gasteiger partial charge in [0.25, 0.3) is 5.91 Å². The summed E-state index contributed by atoms with van der Waals surface area (Å²) in [5, 5.41) is 4.88. The number of nitrogens with one attached hydrogen (secondary N) is 1. The fourth-order valence-electron chi connectivity index (χ4n) is 3.92. The number of carbonyl (C=O) groups excluding carboxylic acids is 3. The minimum atomic E-state index is -0.624. The van der Waals surface area contributed by atoms with Gasteiger partial charge in [0.05, 0.1) is 10.6 Å². The molecule has 1 atom stereocenters. The van der Waals surface area contributed by atoms with Crippen LogP contribution in [0.25, 0.3) is 0 Å². The molecule has 4 rings (SSSR count). The fourth-order valence-corrected chi connectivity index (χ4v) is 4.61. The van der Waals surface area contributed by atoms with Gasteiger partial charge in [-0.25, -0.2) is 0 Å². The molecule has 7 heteroatoms. The molecule has 2 heterocycles. The van der Waals surface area contributed by atoms with Gasteiger partial charge in [-0.2, -0.15) is 0 Å². The third-order valence-corrected chi connectivity index (χ3v) is 6.33. The van der Waals surface area contributed by atoms with Crippen molar-refractivity contribution >= 4 is 34.6 Å². The predicted molar refractivity (Wildman–Crippen MR) is 112 cm³/mol. The number of benzene rings is 1. The molecule has 1 saturated carbocycles. The van der Waals surface area contributed by atoms with Gasteiger partial charge in [-0.05, 0) is 48.9 Å². The monoisotopic (exact) mass is 412 g/mol. The number of hydrogen-bond acceptors (Lipinski definition) is 5. The topological polar surface area (TPSA) is 75.7 Å². The van der Waals surface area contributed by atoms with E-state index in [0.29, 0.717) is 28.3 Å². The van der Waals surface area contributed by atoms with Crippen LogP contribution in [0, 0.1) is 0 Å². The fraction of sp³-hybridized carbons (Fsp3) is 0.409. The lowest BCUT2D eigenvalue weighted by atomic mass is 10.0. The molecule has 1 aromatic heterocycles. The molecule has 0 radical (unpaired) electrons. The Kier molecular flexibility index (Phi) is 5.67. The van der Waals surface area contributed by atoms with Gasteiger partial charge in [0, 0.05) is 11.6 Å². The Morgan fingerprint density at radius 1 is 1.24 bits per heavy atom. The summed E-state index contributed by atoms with van der Waals surface area (Å²) in [6, 6.07) is 8.87. The number of carbonyl (C=O) groups is 3. The Balaban J connectivity index is 1.61. The average molecular weight is 413 g/mol. The molecule has 0 saturated heterocycles. The lowest BCUT2D eigenvalue weighted by molar-refractivity contribution is -0.129. The van der Waals surface area contributed by atoms with Crippen LogP contribution in [0.2, 0.25) is 0 Å². The summed E-state index contributed by atoms with van der Waals surface area (Å²) < 4.78 is 5.83. The van der Waals surface area contributed by atoms with Crippen LogP contribution in [0.1, 0.15) is 54.3 Å². The summed E-state index contributed by atoms with van der Waals surface area (Å²) in [6.45, 7) is 1.80. The number of fused-ring (bicyclic) bond motifs is 1. The molecule has 29 heavy (non-hydrogen) atoms. The van der Waals surface area contributed by atoms with Crippen LogP contribution in [0.15, 0.2) is 35.7 Å². The van der Waals surface area contributed by atoms with Crippen LogP contribution in [-0.2, 0) is 9.59 Å². The number of anilines is 1. The van der Waals surface area contributed by atoms with Crippen molar-refractivity contribution < 1.29 is 19.1 Å². The second-order valence-corrected chi connectivity index (χ2v) is 8.42. The van der Waals surface area contributed by atoms with E-state index in [4.69, 9.17) is 4.74 Å². The van der Waals surface area contributed by atoms with Crippen molar-refractivity contribution in [2.75, 3.05) is 11.4 Å². The lowest BCUT2D eigenvalue weighted by Gasteiger charge is -2.34. The van der Waals surface area contributed by atoms with Crippen LogP contribution in [0.4, 0.5) is 5.69 Å². The van der Waals surface area contributed by atoms with Gasteiger partial charge < -0.3 is 10.1 Å². The number of thiophene rings is 1. The highest BCUT2D eigenvalue weighted by Gasteiger charge is 2.35. The summed E-state index contributed by atoms with van der Waals surface area (Å²) in [5.41, 5.74) is 0.947. The molecule has 2 aromatic rings. The van der Waals surface area contributed by atoms with Crippen molar-refractivity contribution in [3.8, 4) is 5.75 Å². The molecule has 1 aromatic carbocycles. The van der Waals surface area contributed by atoms with Gasteiger partial charge >= 0.3 is 0 Å². The molecule has 6 nitrogen and oxygen atoms in total. The number of nitrogens with zero attached hydrogens (tertiary/aromatic N) is 1.